The van der Waals surface area contributed by atoms with E-state index in [-0.39, 0.29) is 6.10 Å². The summed E-state index contributed by atoms with van der Waals surface area (Å²) in [5.74, 6) is 0. The number of allylic oxidation sites excluding steroid dienone is 2. The fourth-order valence-electron chi connectivity index (χ4n) is 4.34. The molecular weight excluding hydrogens is 360 g/mol. The zero-order valence-corrected chi connectivity index (χ0v) is 20.7. The third-order valence-corrected chi connectivity index (χ3v) is 17.3. The second-order valence-corrected chi connectivity index (χ2v) is 17.8. The molecule has 1 aromatic carbocycles. The Kier molecular flexibility index (Phi) is 10.6. The maximum absolute atomic E-state index is 7.03. The average molecular weight is 403 g/mol. The van der Waals surface area contributed by atoms with Crippen molar-refractivity contribution in [1.29, 1.82) is 0 Å². The van der Waals surface area contributed by atoms with Crippen LogP contribution in [-0.2, 0) is 4.43 Å². The molecule has 0 aliphatic rings. The number of benzene rings is 1. The highest BCUT2D eigenvalue weighted by Crippen LogP contribution is 2.36. The summed E-state index contributed by atoms with van der Waals surface area (Å²) >= 11 is 0. The molecule has 0 radical (unpaired) electrons. The first-order valence-electron chi connectivity index (χ1n) is 11.0. The molecule has 1 unspecified atom stereocenters. The van der Waals surface area contributed by atoms with Gasteiger partial charge in [-0.25, -0.2) is 0 Å². The van der Waals surface area contributed by atoms with Crippen molar-refractivity contribution in [2.45, 2.75) is 90.3 Å². The standard InChI is InChI=1S/C24H42OSi2/c1-8-18-23(26(9-2,10-3)11-4)21-24(22-19-16-15-17-20-22)25-27(12-5,13-6)14-7/h8,15-17,19-21,24H,1,9-14,18H2,2-7H3/b23-21+. The van der Waals surface area contributed by atoms with Crippen LogP contribution in [0.25, 0.3) is 0 Å². The first-order chi connectivity index (χ1) is 13.0. The maximum atomic E-state index is 7.03. The number of hydrogen-bond donors (Lipinski definition) is 0. The van der Waals surface area contributed by atoms with Crippen LogP contribution in [0.3, 0.4) is 0 Å². The smallest absolute Gasteiger partial charge is 0.193 e. The maximum Gasteiger partial charge on any atom is 0.193 e. The van der Waals surface area contributed by atoms with E-state index >= 15 is 0 Å². The van der Waals surface area contributed by atoms with Gasteiger partial charge in [-0.05, 0) is 30.1 Å². The molecule has 1 aromatic rings. The van der Waals surface area contributed by atoms with Gasteiger partial charge in [0.15, 0.2) is 8.32 Å². The zero-order valence-electron chi connectivity index (χ0n) is 18.7. The van der Waals surface area contributed by atoms with Gasteiger partial charge in [-0.1, -0.05) is 107 Å². The van der Waals surface area contributed by atoms with Crippen LogP contribution in [0.15, 0.2) is 54.3 Å². The van der Waals surface area contributed by atoms with E-state index in [1.165, 1.54) is 41.8 Å². The fourth-order valence-corrected chi connectivity index (χ4v) is 11.0. The highest BCUT2D eigenvalue weighted by atomic mass is 28.4. The van der Waals surface area contributed by atoms with Gasteiger partial charge in [0.1, 0.15) is 0 Å². The van der Waals surface area contributed by atoms with Crippen molar-refractivity contribution in [2.75, 3.05) is 0 Å². The average Bonchev–Trinajstić information content (AvgIpc) is 2.73. The third-order valence-electron chi connectivity index (χ3n) is 6.87. The van der Waals surface area contributed by atoms with Gasteiger partial charge in [0.2, 0.25) is 0 Å². The van der Waals surface area contributed by atoms with Gasteiger partial charge in [0.25, 0.3) is 0 Å². The summed E-state index contributed by atoms with van der Waals surface area (Å²) in [6.07, 6.45) is 5.71. The normalized spacial score (nSPS) is 14.2. The van der Waals surface area contributed by atoms with E-state index < -0.39 is 16.4 Å². The second-order valence-electron chi connectivity index (χ2n) is 7.72. The van der Waals surface area contributed by atoms with Crippen LogP contribution < -0.4 is 0 Å². The lowest BCUT2D eigenvalue weighted by Crippen LogP contribution is -2.38. The largest absolute Gasteiger partial charge is 0.407 e. The molecule has 1 nitrogen and oxygen atoms in total. The highest BCUT2D eigenvalue weighted by Gasteiger charge is 2.35. The fraction of sp³-hybridized carbons (Fsp3) is 0.583. The quantitative estimate of drug-likeness (QED) is 0.238. The van der Waals surface area contributed by atoms with Gasteiger partial charge in [-0.3, -0.25) is 0 Å². The van der Waals surface area contributed by atoms with Crippen molar-refractivity contribution >= 4 is 16.4 Å². The molecule has 0 fully saturated rings. The minimum absolute atomic E-state index is 0.0872. The lowest BCUT2D eigenvalue weighted by Gasteiger charge is -2.36. The molecule has 0 saturated heterocycles. The van der Waals surface area contributed by atoms with Gasteiger partial charge in [-0.15, -0.1) is 6.58 Å². The van der Waals surface area contributed by atoms with Crippen molar-refractivity contribution < 1.29 is 4.43 Å². The molecule has 0 aliphatic carbocycles. The molecule has 0 bridgehead atoms. The molecular formula is C24H42OSi2. The Morgan fingerprint density at radius 1 is 0.889 bits per heavy atom. The van der Waals surface area contributed by atoms with Gasteiger partial charge in [0, 0.05) is 0 Å². The predicted molar refractivity (Wildman–Crippen MR) is 128 cm³/mol. The van der Waals surface area contributed by atoms with E-state index in [2.05, 4.69) is 90.6 Å². The van der Waals surface area contributed by atoms with Crippen molar-refractivity contribution in [3.8, 4) is 0 Å². The van der Waals surface area contributed by atoms with Crippen LogP contribution in [0.4, 0.5) is 0 Å². The van der Waals surface area contributed by atoms with Crippen LogP contribution in [0.2, 0.25) is 36.3 Å². The van der Waals surface area contributed by atoms with Gasteiger partial charge in [0.05, 0.1) is 14.2 Å². The number of hydrogen-bond acceptors (Lipinski definition) is 1. The van der Waals surface area contributed by atoms with Crippen LogP contribution in [0, 0.1) is 0 Å². The molecule has 152 valence electrons. The molecule has 3 heteroatoms. The monoisotopic (exact) mass is 402 g/mol. The molecule has 27 heavy (non-hydrogen) atoms. The predicted octanol–water partition coefficient (Wildman–Crippen LogP) is 8.30. The summed E-state index contributed by atoms with van der Waals surface area (Å²) in [4.78, 5) is 0. The summed E-state index contributed by atoms with van der Waals surface area (Å²) in [5, 5.41) is 1.64. The molecule has 0 spiro atoms. The van der Waals surface area contributed by atoms with Crippen molar-refractivity contribution in [1.82, 2.24) is 0 Å². The minimum atomic E-state index is -1.70. The molecule has 0 saturated carbocycles. The summed E-state index contributed by atoms with van der Waals surface area (Å²) in [7, 11) is -3.14. The topological polar surface area (TPSA) is 9.23 Å². The van der Waals surface area contributed by atoms with Gasteiger partial charge >= 0.3 is 0 Å². The van der Waals surface area contributed by atoms with E-state index in [1.807, 2.05) is 0 Å². The molecule has 0 amide bonds. The van der Waals surface area contributed by atoms with Crippen molar-refractivity contribution in [2.24, 2.45) is 0 Å². The van der Waals surface area contributed by atoms with E-state index in [9.17, 15) is 0 Å². The van der Waals surface area contributed by atoms with Crippen molar-refractivity contribution in [3.05, 3.63) is 59.8 Å². The first kappa shape index (κ1) is 24.1. The minimum Gasteiger partial charge on any atom is -0.407 e. The summed E-state index contributed by atoms with van der Waals surface area (Å²) in [5.41, 5.74) is 1.30. The third kappa shape index (κ3) is 6.03. The van der Waals surface area contributed by atoms with E-state index in [0.29, 0.717) is 0 Å². The van der Waals surface area contributed by atoms with Crippen LogP contribution in [-0.4, -0.2) is 16.4 Å². The molecule has 0 aliphatic heterocycles. The lowest BCUT2D eigenvalue weighted by molar-refractivity contribution is 0.237. The molecule has 1 rings (SSSR count). The summed E-state index contributed by atoms with van der Waals surface area (Å²) < 4.78 is 7.03. The van der Waals surface area contributed by atoms with Gasteiger partial charge in [-0.2, -0.15) is 0 Å². The SMILES string of the molecule is C=CC/C(=C\C(O[Si](CC)(CC)CC)c1ccccc1)[Si](CC)(CC)CC. The Morgan fingerprint density at radius 2 is 1.41 bits per heavy atom. The molecule has 1 atom stereocenters. The molecule has 0 aromatic heterocycles. The van der Waals surface area contributed by atoms with Crippen LogP contribution in [0.5, 0.6) is 0 Å². The first-order valence-corrected chi connectivity index (χ1v) is 16.2. The summed E-state index contributed by atoms with van der Waals surface area (Å²) in [6.45, 7) is 18.2. The zero-order chi connectivity index (χ0) is 20.3. The molecule has 0 heterocycles. The second kappa shape index (κ2) is 11.8. The Labute approximate surface area is 171 Å². The van der Waals surface area contributed by atoms with E-state index in [0.717, 1.165) is 6.42 Å². The Morgan fingerprint density at radius 3 is 1.81 bits per heavy atom. The Hall–Kier alpha value is -0.906. The molecule has 0 N–H and O–H groups in total. The number of rotatable bonds is 13. The summed E-state index contributed by atoms with van der Waals surface area (Å²) in [6, 6.07) is 18.3. The lowest BCUT2D eigenvalue weighted by atomic mass is 10.1. The van der Waals surface area contributed by atoms with Crippen molar-refractivity contribution in [3.63, 3.8) is 0 Å². The van der Waals surface area contributed by atoms with E-state index in [1.54, 1.807) is 5.20 Å². The van der Waals surface area contributed by atoms with Crippen LogP contribution in [0.1, 0.15) is 59.6 Å². The Balaban J connectivity index is 3.47. The Bertz CT molecular complexity index is 555. The van der Waals surface area contributed by atoms with Crippen LogP contribution >= 0.6 is 0 Å². The van der Waals surface area contributed by atoms with E-state index in [4.69, 9.17) is 4.43 Å². The van der Waals surface area contributed by atoms with Gasteiger partial charge < -0.3 is 4.43 Å². The highest BCUT2D eigenvalue weighted by molar-refractivity contribution is 6.86.